The summed E-state index contributed by atoms with van der Waals surface area (Å²) in [5, 5.41) is 8.69. The minimum absolute atomic E-state index is 0.0831. The van der Waals surface area contributed by atoms with Crippen LogP contribution in [0.25, 0.3) is 0 Å². The molecule has 0 radical (unpaired) electrons. The number of carbonyl (C=O) groups excluding carboxylic acids is 1. The Labute approximate surface area is 159 Å². The number of rotatable bonds is 15. The molecule has 4 heteroatoms. The molecule has 0 saturated heterocycles. The lowest BCUT2D eigenvalue weighted by molar-refractivity contribution is -0.142. The first-order chi connectivity index (χ1) is 12.3. The van der Waals surface area contributed by atoms with E-state index in [-0.39, 0.29) is 18.5 Å². The van der Waals surface area contributed by atoms with E-state index in [2.05, 4.69) is 6.92 Å². The molecule has 0 aromatic heterocycles. The molecular formula is C22H38O4. The van der Waals surface area contributed by atoms with E-state index >= 15 is 0 Å². The van der Waals surface area contributed by atoms with Crippen molar-refractivity contribution in [2.45, 2.75) is 104 Å². The minimum Gasteiger partial charge on any atom is -0.481 e. The summed E-state index contributed by atoms with van der Waals surface area (Å²) in [6.45, 7) is 7.98. The number of hydrogen-bond acceptors (Lipinski definition) is 3. The van der Waals surface area contributed by atoms with E-state index < -0.39 is 5.97 Å². The average molecular weight is 367 g/mol. The maximum Gasteiger partial charge on any atom is 0.330 e. The highest BCUT2D eigenvalue weighted by Crippen LogP contribution is 2.13. The number of esters is 1. The van der Waals surface area contributed by atoms with E-state index in [0.29, 0.717) is 0 Å². The third-order valence-corrected chi connectivity index (χ3v) is 4.34. The van der Waals surface area contributed by atoms with Gasteiger partial charge in [-0.15, -0.1) is 0 Å². The molecule has 1 atom stereocenters. The number of carboxylic acid groups (broad SMARTS) is 1. The highest BCUT2D eigenvalue weighted by atomic mass is 16.5. The van der Waals surface area contributed by atoms with Crippen molar-refractivity contribution in [1.82, 2.24) is 0 Å². The Kier molecular flexibility index (Phi) is 14.7. The van der Waals surface area contributed by atoms with Crippen LogP contribution in [0.5, 0.6) is 0 Å². The van der Waals surface area contributed by atoms with E-state index in [1.165, 1.54) is 25.7 Å². The van der Waals surface area contributed by atoms with Gasteiger partial charge < -0.3 is 9.84 Å². The number of allylic oxidation sites excluding steroid dienone is 2. The summed E-state index contributed by atoms with van der Waals surface area (Å²) >= 11 is 0. The molecule has 0 saturated carbocycles. The summed E-state index contributed by atoms with van der Waals surface area (Å²) in [6, 6.07) is 0. The first-order valence-corrected chi connectivity index (χ1v) is 10.1. The molecule has 0 aromatic rings. The Balaban J connectivity index is 3.87. The van der Waals surface area contributed by atoms with Crippen LogP contribution in [-0.2, 0) is 14.3 Å². The van der Waals surface area contributed by atoms with Gasteiger partial charge in [0.15, 0.2) is 0 Å². The average Bonchev–Trinajstić information content (AvgIpc) is 2.53. The quantitative estimate of drug-likeness (QED) is 0.162. The maximum atomic E-state index is 11.9. The molecule has 0 aliphatic heterocycles. The van der Waals surface area contributed by atoms with Gasteiger partial charge in [0.1, 0.15) is 0 Å². The molecule has 0 bridgehead atoms. The maximum absolute atomic E-state index is 11.9. The number of carbonyl (C=O) groups is 2. The van der Waals surface area contributed by atoms with Crippen molar-refractivity contribution in [3.05, 3.63) is 23.3 Å². The van der Waals surface area contributed by atoms with Gasteiger partial charge >= 0.3 is 11.9 Å². The Bertz CT molecular complexity index is 463. The number of unbranched alkanes of at least 4 members (excludes halogenated alkanes) is 6. The predicted molar refractivity (Wildman–Crippen MR) is 107 cm³/mol. The molecule has 0 aliphatic rings. The highest BCUT2D eigenvalue weighted by molar-refractivity contribution is 5.82. The summed E-state index contributed by atoms with van der Waals surface area (Å²) in [6.07, 6.45) is 14.4. The molecular weight excluding hydrogens is 328 g/mol. The van der Waals surface area contributed by atoms with Gasteiger partial charge in [-0.25, -0.2) is 4.79 Å². The van der Waals surface area contributed by atoms with Crippen molar-refractivity contribution in [2.24, 2.45) is 0 Å². The van der Waals surface area contributed by atoms with Crippen LogP contribution in [0.1, 0.15) is 98.3 Å². The van der Waals surface area contributed by atoms with Gasteiger partial charge in [0, 0.05) is 6.08 Å². The van der Waals surface area contributed by atoms with Crippen LogP contribution in [0.4, 0.5) is 0 Å². The van der Waals surface area contributed by atoms with Crippen LogP contribution >= 0.6 is 0 Å². The van der Waals surface area contributed by atoms with Crippen molar-refractivity contribution < 1.29 is 19.4 Å². The number of carboxylic acids is 1. The van der Waals surface area contributed by atoms with E-state index in [1.807, 2.05) is 26.8 Å². The molecule has 0 unspecified atom stereocenters. The molecule has 150 valence electrons. The summed E-state index contributed by atoms with van der Waals surface area (Å²) in [4.78, 5) is 22.5. The van der Waals surface area contributed by atoms with Crippen molar-refractivity contribution in [2.75, 3.05) is 0 Å². The van der Waals surface area contributed by atoms with Crippen molar-refractivity contribution in [1.29, 1.82) is 0 Å². The van der Waals surface area contributed by atoms with Crippen LogP contribution in [0, 0.1) is 0 Å². The Hall–Kier alpha value is -1.58. The van der Waals surface area contributed by atoms with Crippen molar-refractivity contribution in [3.8, 4) is 0 Å². The molecule has 0 aromatic carbocycles. The SMILES string of the molecule is CCCCCCCC(C)=CC(=O)O[C@H](C)CCCCC=C(C)CC(=O)O. The first-order valence-electron chi connectivity index (χ1n) is 10.1. The molecule has 26 heavy (non-hydrogen) atoms. The molecule has 0 fully saturated rings. The molecule has 0 amide bonds. The van der Waals surface area contributed by atoms with Crippen LogP contribution < -0.4 is 0 Å². The van der Waals surface area contributed by atoms with Crippen LogP contribution in [0.15, 0.2) is 23.3 Å². The second-order valence-corrected chi connectivity index (χ2v) is 7.31. The monoisotopic (exact) mass is 366 g/mol. The number of hydrogen-bond donors (Lipinski definition) is 1. The first kappa shape index (κ1) is 24.4. The largest absolute Gasteiger partial charge is 0.481 e. The lowest BCUT2D eigenvalue weighted by Crippen LogP contribution is -2.13. The van der Waals surface area contributed by atoms with Gasteiger partial charge in [0.25, 0.3) is 0 Å². The van der Waals surface area contributed by atoms with Gasteiger partial charge in [0.05, 0.1) is 12.5 Å². The van der Waals surface area contributed by atoms with E-state index in [1.54, 1.807) is 6.08 Å². The third kappa shape index (κ3) is 15.9. The van der Waals surface area contributed by atoms with Crippen molar-refractivity contribution in [3.63, 3.8) is 0 Å². The smallest absolute Gasteiger partial charge is 0.330 e. The predicted octanol–water partition coefficient (Wildman–Crippen LogP) is 6.21. The van der Waals surface area contributed by atoms with Gasteiger partial charge in [-0.05, 0) is 59.3 Å². The topological polar surface area (TPSA) is 63.6 Å². The van der Waals surface area contributed by atoms with Crippen LogP contribution in [0.3, 0.4) is 0 Å². The Morgan fingerprint density at radius 2 is 1.69 bits per heavy atom. The molecule has 0 aliphatic carbocycles. The van der Waals surface area contributed by atoms with E-state index in [9.17, 15) is 9.59 Å². The molecule has 0 heterocycles. The zero-order valence-corrected chi connectivity index (χ0v) is 17.2. The molecule has 4 nitrogen and oxygen atoms in total. The summed E-state index contributed by atoms with van der Waals surface area (Å²) < 4.78 is 5.44. The third-order valence-electron chi connectivity index (χ3n) is 4.34. The summed E-state index contributed by atoms with van der Waals surface area (Å²) in [5.41, 5.74) is 1.99. The minimum atomic E-state index is -0.788. The second kappa shape index (κ2) is 15.7. The van der Waals surface area contributed by atoms with Gasteiger partial charge in [-0.3, -0.25) is 4.79 Å². The molecule has 0 spiro atoms. The van der Waals surface area contributed by atoms with Crippen molar-refractivity contribution >= 4 is 11.9 Å². The molecule has 0 rings (SSSR count). The summed E-state index contributed by atoms with van der Waals surface area (Å²) in [5.74, 6) is -1.02. The number of aliphatic carboxylic acids is 1. The number of ether oxygens (including phenoxy) is 1. The summed E-state index contributed by atoms with van der Waals surface area (Å²) in [7, 11) is 0. The zero-order chi connectivity index (χ0) is 19.8. The molecule has 1 N–H and O–H groups in total. The van der Waals surface area contributed by atoms with Gasteiger partial charge in [0.2, 0.25) is 0 Å². The van der Waals surface area contributed by atoms with Gasteiger partial charge in [-0.1, -0.05) is 49.8 Å². The van der Waals surface area contributed by atoms with E-state index in [0.717, 1.165) is 49.7 Å². The van der Waals surface area contributed by atoms with Crippen LogP contribution in [-0.4, -0.2) is 23.1 Å². The second-order valence-electron chi connectivity index (χ2n) is 7.31. The van der Waals surface area contributed by atoms with Gasteiger partial charge in [-0.2, -0.15) is 0 Å². The van der Waals surface area contributed by atoms with Crippen LogP contribution in [0.2, 0.25) is 0 Å². The highest BCUT2D eigenvalue weighted by Gasteiger charge is 2.07. The lowest BCUT2D eigenvalue weighted by atomic mass is 10.1. The Morgan fingerprint density at radius 1 is 1.00 bits per heavy atom. The fourth-order valence-electron chi connectivity index (χ4n) is 2.81. The standard InChI is InChI=1S/C22H38O4/c1-5-6-7-8-10-14-19(3)17-22(25)26-20(4)15-12-9-11-13-18(2)16-21(23)24/h13,17,20H,5-12,14-16H2,1-4H3,(H,23,24)/t20-/m1/s1. The normalized spacial score (nSPS) is 13.5. The Morgan fingerprint density at radius 3 is 2.35 bits per heavy atom. The lowest BCUT2D eigenvalue weighted by Gasteiger charge is -2.12. The van der Waals surface area contributed by atoms with E-state index in [4.69, 9.17) is 9.84 Å². The fraction of sp³-hybridized carbons (Fsp3) is 0.727. The fourth-order valence-corrected chi connectivity index (χ4v) is 2.81. The zero-order valence-electron chi connectivity index (χ0n) is 17.2.